The fourth-order valence-corrected chi connectivity index (χ4v) is 4.17. The van der Waals surface area contributed by atoms with Crippen molar-refractivity contribution in [2.45, 2.75) is 6.42 Å². The van der Waals surface area contributed by atoms with Gasteiger partial charge in [0.15, 0.2) is 0 Å². The summed E-state index contributed by atoms with van der Waals surface area (Å²) in [6.45, 7) is 0. The topological polar surface area (TPSA) is 57.7 Å². The maximum absolute atomic E-state index is 12.7. The lowest BCUT2D eigenvalue weighted by Gasteiger charge is -2.18. The molecule has 3 aliphatic rings. The second-order valence-electron chi connectivity index (χ2n) is 6.76. The molecule has 0 N–H and O–H groups in total. The summed E-state index contributed by atoms with van der Waals surface area (Å²) in [6.07, 6.45) is 5.09. The van der Waals surface area contributed by atoms with Crippen molar-refractivity contribution in [3.63, 3.8) is 0 Å². The number of fused-ring (bicyclic) bond motifs is 5. The smallest absolute Gasteiger partial charge is 0.253 e. The molecule has 1 heterocycles. The van der Waals surface area contributed by atoms with Gasteiger partial charge in [-0.05, 0) is 42.5 Å². The maximum atomic E-state index is 12.7. The van der Waals surface area contributed by atoms with Gasteiger partial charge in [-0.3, -0.25) is 19.3 Å². The van der Waals surface area contributed by atoms with Crippen molar-refractivity contribution in [3.05, 3.63) is 42.0 Å². The SMILES string of the molecule is CN(C)C(=O)c1ccc(N2C(=O)[C@@H]3[C@H](C2=O)[C@H]2C=C[C@H]3C2)cc1. The second-order valence-corrected chi connectivity index (χ2v) is 6.76. The Bertz CT molecular complexity index is 705. The number of amides is 3. The van der Waals surface area contributed by atoms with Crippen LogP contribution in [-0.4, -0.2) is 36.7 Å². The molecule has 4 atom stereocenters. The van der Waals surface area contributed by atoms with Gasteiger partial charge in [0.05, 0.1) is 17.5 Å². The van der Waals surface area contributed by atoms with Gasteiger partial charge in [-0.2, -0.15) is 0 Å². The van der Waals surface area contributed by atoms with E-state index in [-0.39, 0.29) is 41.4 Å². The van der Waals surface area contributed by atoms with Crippen LogP contribution in [0, 0.1) is 23.7 Å². The molecular weight excluding hydrogens is 292 g/mol. The number of carbonyl (C=O) groups is 3. The van der Waals surface area contributed by atoms with Crippen molar-refractivity contribution in [1.29, 1.82) is 0 Å². The zero-order valence-electron chi connectivity index (χ0n) is 13.1. The normalized spacial score (nSPS) is 31.0. The predicted octanol–water partition coefficient (Wildman–Crippen LogP) is 1.70. The van der Waals surface area contributed by atoms with E-state index in [9.17, 15) is 14.4 Å². The van der Waals surface area contributed by atoms with Crippen LogP contribution in [-0.2, 0) is 9.59 Å². The molecule has 2 aliphatic carbocycles. The molecular formula is C18H18N2O3. The van der Waals surface area contributed by atoms with Gasteiger partial charge in [-0.1, -0.05) is 12.2 Å². The van der Waals surface area contributed by atoms with Crippen LogP contribution in [0.1, 0.15) is 16.8 Å². The third-order valence-electron chi connectivity index (χ3n) is 5.25. The molecule has 1 saturated heterocycles. The molecule has 3 amide bonds. The summed E-state index contributed by atoms with van der Waals surface area (Å²) in [5.41, 5.74) is 1.10. The molecule has 23 heavy (non-hydrogen) atoms. The molecule has 118 valence electrons. The van der Waals surface area contributed by atoms with Crippen molar-refractivity contribution in [3.8, 4) is 0 Å². The van der Waals surface area contributed by atoms with E-state index < -0.39 is 0 Å². The van der Waals surface area contributed by atoms with E-state index in [1.807, 2.05) is 0 Å². The number of rotatable bonds is 2. The number of benzene rings is 1. The standard InChI is InChI=1S/C18H18N2O3/c1-19(2)16(21)10-5-7-13(8-6-10)20-17(22)14-11-3-4-12(9-11)15(14)18(20)23/h3-8,11-12,14-15H,9H2,1-2H3/t11-,12-,14-,15+/m0/s1. The fraction of sp³-hybridized carbons (Fsp3) is 0.389. The highest BCUT2D eigenvalue weighted by atomic mass is 16.2. The average Bonchev–Trinajstić information content (AvgIpc) is 3.21. The van der Waals surface area contributed by atoms with E-state index in [2.05, 4.69) is 12.2 Å². The van der Waals surface area contributed by atoms with Crippen LogP contribution in [0.4, 0.5) is 5.69 Å². The highest BCUT2D eigenvalue weighted by molar-refractivity contribution is 6.22. The number of nitrogens with zero attached hydrogens (tertiary/aromatic N) is 2. The van der Waals surface area contributed by atoms with Gasteiger partial charge in [0.1, 0.15) is 0 Å². The van der Waals surface area contributed by atoms with E-state index in [1.54, 1.807) is 38.4 Å². The van der Waals surface area contributed by atoms with Crippen LogP contribution < -0.4 is 4.90 Å². The minimum Gasteiger partial charge on any atom is -0.345 e. The summed E-state index contributed by atoms with van der Waals surface area (Å²) in [4.78, 5) is 40.2. The third kappa shape index (κ3) is 1.89. The van der Waals surface area contributed by atoms with Crippen molar-refractivity contribution >= 4 is 23.4 Å². The number of anilines is 1. The van der Waals surface area contributed by atoms with Crippen molar-refractivity contribution < 1.29 is 14.4 Å². The molecule has 1 aliphatic heterocycles. The first-order valence-corrected chi connectivity index (χ1v) is 7.87. The highest BCUT2D eigenvalue weighted by Gasteiger charge is 2.59. The molecule has 5 nitrogen and oxygen atoms in total. The van der Waals surface area contributed by atoms with Crippen LogP contribution in [0.2, 0.25) is 0 Å². The monoisotopic (exact) mass is 310 g/mol. The first-order chi connectivity index (χ1) is 11.0. The maximum Gasteiger partial charge on any atom is 0.253 e. The van der Waals surface area contributed by atoms with Crippen LogP contribution >= 0.6 is 0 Å². The molecule has 2 fully saturated rings. The summed E-state index contributed by atoms with van der Waals surface area (Å²) in [7, 11) is 3.38. The van der Waals surface area contributed by atoms with E-state index in [1.165, 1.54) is 9.80 Å². The van der Waals surface area contributed by atoms with Gasteiger partial charge in [-0.15, -0.1) is 0 Å². The molecule has 5 heteroatoms. The summed E-state index contributed by atoms with van der Waals surface area (Å²) in [6, 6.07) is 6.70. The molecule has 1 aromatic carbocycles. The molecule has 0 unspecified atom stereocenters. The fourth-order valence-electron chi connectivity index (χ4n) is 4.17. The molecule has 2 bridgehead atoms. The van der Waals surface area contributed by atoms with E-state index in [0.29, 0.717) is 11.3 Å². The van der Waals surface area contributed by atoms with Crippen molar-refractivity contribution in [2.75, 3.05) is 19.0 Å². The van der Waals surface area contributed by atoms with Gasteiger partial charge >= 0.3 is 0 Å². The predicted molar refractivity (Wildman–Crippen MR) is 84.7 cm³/mol. The highest BCUT2D eigenvalue weighted by Crippen LogP contribution is 2.53. The minimum absolute atomic E-state index is 0.0939. The molecule has 0 spiro atoms. The number of allylic oxidation sites excluding steroid dienone is 2. The quantitative estimate of drug-likeness (QED) is 0.617. The Labute approximate surface area is 134 Å². The van der Waals surface area contributed by atoms with Gasteiger partial charge in [0.2, 0.25) is 11.8 Å². The van der Waals surface area contributed by atoms with Crippen LogP contribution in [0.15, 0.2) is 36.4 Å². The lowest BCUT2D eigenvalue weighted by Crippen LogP contribution is -2.32. The second kappa shape index (κ2) is 4.78. The summed E-state index contributed by atoms with van der Waals surface area (Å²) in [5, 5.41) is 0. The third-order valence-corrected chi connectivity index (χ3v) is 5.25. The van der Waals surface area contributed by atoms with Gasteiger partial charge in [0.25, 0.3) is 5.91 Å². The molecule has 1 saturated carbocycles. The Morgan fingerprint density at radius 3 is 2.00 bits per heavy atom. The number of hydrogen-bond donors (Lipinski definition) is 0. The summed E-state index contributed by atoms with van der Waals surface area (Å²) >= 11 is 0. The Balaban J connectivity index is 1.63. The largest absolute Gasteiger partial charge is 0.345 e. The first kappa shape index (κ1) is 14.2. The molecule has 0 aromatic heterocycles. The lowest BCUT2D eigenvalue weighted by molar-refractivity contribution is -0.123. The average molecular weight is 310 g/mol. The van der Waals surface area contributed by atoms with Crippen LogP contribution in [0.5, 0.6) is 0 Å². The van der Waals surface area contributed by atoms with E-state index in [4.69, 9.17) is 0 Å². The Morgan fingerprint density at radius 1 is 1.00 bits per heavy atom. The van der Waals surface area contributed by atoms with Crippen molar-refractivity contribution in [2.24, 2.45) is 23.7 Å². The van der Waals surface area contributed by atoms with Gasteiger partial charge in [-0.25, -0.2) is 0 Å². The number of carbonyl (C=O) groups excluding carboxylic acids is 3. The molecule has 1 aromatic rings. The zero-order valence-corrected chi connectivity index (χ0v) is 13.1. The van der Waals surface area contributed by atoms with E-state index in [0.717, 1.165) is 6.42 Å². The number of hydrogen-bond acceptors (Lipinski definition) is 3. The summed E-state index contributed by atoms with van der Waals surface area (Å²) < 4.78 is 0. The number of imide groups is 1. The Morgan fingerprint density at radius 2 is 1.52 bits per heavy atom. The Hall–Kier alpha value is -2.43. The zero-order chi connectivity index (χ0) is 16.3. The molecule has 4 rings (SSSR count). The van der Waals surface area contributed by atoms with Crippen LogP contribution in [0.25, 0.3) is 0 Å². The molecule has 0 radical (unpaired) electrons. The lowest BCUT2D eigenvalue weighted by atomic mass is 9.85. The van der Waals surface area contributed by atoms with E-state index >= 15 is 0 Å². The van der Waals surface area contributed by atoms with Crippen LogP contribution in [0.3, 0.4) is 0 Å². The minimum atomic E-state index is -0.194. The van der Waals surface area contributed by atoms with Crippen molar-refractivity contribution in [1.82, 2.24) is 4.90 Å². The first-order valence-electron chi connectivity index (χ1n) is 7.87. The van der Waals surface area contributed by atoms with Gasteiger partial charge < -0.3 is 4.90 Å². The Kier molecular flexibility index (Phi) is 2.95. The van der Waals surface area contributed by atoms with Gasteiger partial charge in [0, 0.05) is 19.7 Å². The summed E-state index contributed by atoms with van der Waals surface area (Å²) in [5.74, 6) is -0.259.